The molecule has 1 aromatic heterocycles. The smallest absolute Gasteiger partial charge is 0.273 e. The number of benzene rings is 2. The van der Waals surface area contributed by atoms with Gasteiger partial charge in [-0.3, -0.25) is 14.9 Å². The second-order valence-electron chi connectivity index (χ2n) is 8.71. The monoisotopic (exact) mass is 510 g/mol. The van der Waals surface area contributed by atoms with Crippen LogP contribution in [0.4, 0.5) is 11.4 Å². The number of carbonyl (C=O) groups is 1. The highest BCUT2D eigenvalue weighted by atomic mass is 35.5. The molecule has 11 heteroatoms. The van der Waals surface area contributed by atoms with Crippen LogP contribution in [0.5, 0.6) is 0 Å². The maximum Gasteiger partial charge on any atom is 0.273 e. The first kappa shape index (κ1) is 25.8. The predicted octanol–water partition coefficient (Wildman–Crippen LogP) is 5.67. The number of nitriles is 1. The van der Waals surface area contributed by atoms with E-state index in [4.69, 9.17) is 11.6 Å². The van der Waals surface area contributed by atoms with Crippen LogP contribution in [0.25, 0.3) is 11.3 Å². The van der Waals surface area contributed by atoms with Crippen LogP contribution in [-0.4, -0.2) is 27.1 Å². The van der Waals surface area contributed by atoms with Gasteiger partial charge in [-0.25, -0.2) is 4.98 Å². The molecule has 1 amide bonds. The topological polar surface area (TPSA) is 133 Å². The van der Waals surface area contributed by atoms with Crippen LogP contribution in [0.15, 0.2) is 52.9 Å². The van der Waals surface area contributed by atoms with E-state index in [0.29, 0.717) is 27.0 Å². The summed E-state index contributed by atoms with van der Waals surface area (Å²) in [6, 6.07) is 13.2. The van der Waals surface area contributed by atoms with E-state index in [0.717, 1.165) is 5.56 Å². The number of nitro groups is 1. The molecule has 2 N–H and O–H groups in total. The molecular weight excluding hydrogens is 488 g/mol. The number of halogens is 1. The van der Waals surface area contributed by atoms with Crippen LogP contribution in [0.2, 0.25) is 5.02 Å². The Morgan fingerprint density at radius 1 is 1.26 bits per heavy atom. The third-order valence-electron chi connectivity index (χ3n) is 4.73. The van der Waals surface area contributed by atoms with E-state index >= 15 is 0 Å². The van der Waals surface area contributed by atoms with E-state index in [1.807, 2.05) is 27.7 Å². The molecule has 0 aliphatic rings. The lowest BCUT2D eigenvalue weighted by Crippen LogP contribution is -2.36. The van der Waals surface area contributed by atoms with Crippen molar-refractivity contribution in [3.05, 3.63) is 73.6 Å². The fourth-order valence-electron chi connectivity index (χ4n) is 2.97. The van der Waals surface area contributed by atoms with Crippen LogP contribution >= 0.6 is 22.9 Å². The Kier molecular flexibility index (Phi) is 7.84. The molecule has 0 fully saturated rings. The van der Waals surface area contributed by atoms with Gasteiger partial charge in [0.2, 0.25) is 0 Å². The molecule has 0 spiro atoms. The molecule has 35 heavy (non-hydrogen) atoms. The first-order chi connectivity index (χ1) is 16.5. The summed E-state index contributed by atoms with van der Waals surface area (Å²) in [6.07, 6.45) is 0. The van der Waals surface area contributed by atoms with Crippen LogP contribution < -0.4 is 10.7 Å². The van der Waals surface area contributed by atoms with Gasteiger partial charge in [0.15, 0.2) is 0 Å². The van der Waals surface area contributed by atoms with Gasteiger partial charge in [0.05, 0.1) is 16.7 Å². The van der Waals surface area contributed by atoms with Gasteiger partial charge in [-0.1, -0.05) is 11.6 Å². The number of non-ortho nitro benzene ring substituents is 1. The predicted molar refractivity (Wildman–Crippen MR) is 138 cm³/mol. The Morgan fingerprint density at radius 3 is 2.51 bits per heavy atom. The summed E-state index contributed by atoms with van der Waals surface area (Å²) in [5.41, 5.74) is 4.90. The fraction of sp³-hybridized carbons (Fsp3) is 0.250. The summed E-state index contributed by atoms with van der Waals surface area (Å²) in [7, 11) is 0. The van der Waals surface area contributed by atoms with Crippen molar-refractivity contribution in [2.75, 3.05) is 5.32 Å². The van der Waals surface area contributed by atoms with Crippen molar-refractivity contribution < 1.29 is 9.72 Å². The molecule has 2 aromatic carbocycles. The van der Waals surface area contributed by atoms with Crippen molar-refractivity contribution in [2.45, 2.75) is 39.2 Å². The molecule has 1 heterocycles. The number of hydrogen-bond acceptors (Lipinski definition) is 8. The van der Waals surface area contributed by atoms with Crippen molar-refractivity contribution in [1.82, 2.24) is 10.4 Å². The van der Waals surface area contributed by atoms with Crippen molar-refractivity contribution in [3.63, 3.8) is 0 Å². The van der Waals surface area contributed by atoms with Gasteiger partial charge in [-0.2, -0.15) is 10.4 Å². The van der Waals surface area contributed by atoms with Gasteiger partial charge in [0.1, 0.15) is 16.6 Å². The summed E-state index contributed by atoms with van der Waals surface area (Å²) in [6.45, 7) is 7.46. The molecule has 9 nitrogen and oxygen atoms in total. The molecule has 3 rings (SSSR count). The maximum atomic E-state index is 13.3. The molecule has 0 aliphatic heterocycles. The minimum atomic E-state index is -1.05. The number of aryl methyl sites for hydroxylation is 1. The summed E-state index contributed by atoms with van der Waals surface area (Å²) >= 11 is 7.22. The molecule has 180 valence electrons. The quantitative estimate of drug-likeness (QED) is 0.239. The molecule has 0 unspecified atom stereocenters. The highest BCUT2D eigenvalue weighted by Gasteiger charge is 2.29. The van der Waals surface area contributed by atoms with Gasteiger partial charge >= 0.3 is 0 Å². The summed E-state index contributed by atoms with van der Waals surface area (Å²) in [5, 5.41) is 30.7. The van der Waals surface area contributed by atoms with Crippen molar-refractivity contribution in [1.29, 1.82) is 5.26 Å². The Hall–Kier alpha value is -3.81. The number of amides is 1. The lowest BCUT2D eigenvalue weighted by Gasteiger charge is -2.20. The highest BCUT2D eigenvalue weighted by Crippen LogP contribution is 2.29. The number of nitro benzene ring substituents is 1. The molecule has 1 atom stereocenters. The lowest BCUT2D eigenvalue weighted by molar-refractivity contribution is -0.384. The molecular formula is C24H23ClN6O3S. The zero-order valence-electron chi connectivity index (χ0n) is 19.5. The molecule has 0 aliphatic carbocycles. The Labute approximate surface area is 211 Å². The number of anilines is 1. The van der Waals surface area contributed by atoms with E-state index < -0.39 is 22.3 Å². The number of hydrogen-bond donors (Lipinski definition) is 2. The molecule has 3 aromatic rings. The lowest BCUT2D eigenvalue weighted by atomic mass is 10.0. The molecule has 0 radical (unpaired) electrons. The second kappa shape index (κ2) is 10.6. The Morgan fingerprint density at radius 2 is 1.94 bits per heavy atom. The third kappa shape index (κ3) is 6.62. The Bertz CT molecular complexity index is 1320. The van der Waals surface area contributed by atoms with Crippen LogP contribution in [0, 0.1) is 28.4 Å². The number of aromatic nitrogens is 1. The largest absolute Gasteiger partial charge is 0.321 e. The van der Waals surface area contributed by atoms with E-state index in [9.17, 15) is 20.2 Å². The van der Waals surface area contributed by atoms with E-state index in [2.05, 4.69) is 26.9 Å². The van der Waals surface area contributed by atoms with Crippen molar-refractivity contribution in [3.8, 4) is 17.3 Å². The highest BCUT2D eigenvalue weighted by molar-refractivity contribution is 7.10. The van der Waals surface area contributed by atoms with Crippen molar-refractivity contribution >= 4 is 45.9 Å². The van der Waals surface area contributed by atoms with Crippen LogP contribution in [0.1, 0.15) is 37.3 Å². The van der Waals surface area contributed by atoms with E-state index in [-0.39, 0.29) is 11.4 Å². The van der Waals surface area contributed by atoms with Crippen molar-refractivity contribution in [2.24, 2.45) is 5.10 Å². The van der Waals surface area contributed by atoms with E-state index in [1.54, 1.807) is 35.7 Å². The van der Waals surface area contributed by atoms with Crippen LogP contribution in [0.3, 0.4) is 0 Å². The zero-order valence-corrected chi connectivity index (χ0v) is 21.1. The fourth-order valence-corrected chi connectivity index (χ4v) is 4.07. The SMILES string of the molecule is Cc1cc(Cl)ccc1NC(=O)/C(=N\NC(C)(C)C)[C@H](C#N)c1nc(-c2ccc([N+](=O)[O-])cc2)cs1. The minimum Gasteiger partial charge on any atom is -0.321 e. The second-order valence-corrected chi connectivity index (χ2v) is 10.0. The van der Waals surface area contributed by atoms with Gasteiger partial charge < -0.3 is 10.7 Å². The van der Waals surface area contributed by atoms with Crippen LogP contribution in [-0.2, 0) is 4.79 Å². The first-order valence-corrected chi connectivity index (χ1v) is 11.8. The molecule has 0 bridgehead atoms. The first-order valence-electron chi connectivity index (χ1n) is 10.5. The number of carbonyl (C=O) groups excluding carboxylic acids is 1. The maximum absolute atomic E-state index is 13.3. The number of nitrogens with one attached hydrogen (secondary N) is 2. The number of nitrogens with zero attached hydrogens (tertiary/aromatic N) is 4. The zero-order chi connectivity index (χ0) is 25.8. The number of rotatable bonds is 7. The summed E-state index contributed by atoms with van der Waals surface area (Å²) in [5.74, 6) is -1.60. The van der Waals surface area contributed by atoms with Gasteiger partial charge in [-0.05, 0) is 63.6 Å². The summed E-state index contributed by atoms with van der Waals surface area (Å²) < 4.78 is 0. The van der Waals surface area contributed by atoms with Gasteiger partial charge in [0, 0.05) is 39.3 Å². The van der Waals surface area contributed by atoms with Gasteiger partial charge in [-0.15, -0.1) is 11.3 Å². The minimum absolute atomic E-state index is 0.0315. The normalized spacial score (nSPS) is 12.5. The summed E-state index contributed by atoms with van der Waals surface area (Å²) in [4.78, 5) is 28.2. The standard InChI is InChI=1S/C24H23ClN6O3S/c1-14-11-16(25)7-10-19(14)27-22(32)21(29-30-24(2,3)4)18(12-26)23-28-20(13-35-23)15-5-8-17(9-6-15)31(33)34/h5-11,13,18,30H,1-4H3,(H,27,32)/b29-21-/t18-/m0/s1. The third-order valence-corrected chi connectivity index (χ3v) is 5.87. The molecule has 0 saturated carbocycles. The molecule has 0 saturated heterocycles. The average Bonchev–Trinajstić information content (AvgIpc) is 3.27. The average molecular weight is 511 g/mol. The van der Waals surface area contributed by atoms with E-state index in [1.165, 1.54) is 23.5 Å². The van der Waals surface area contributed by atoms with Gasteiger partial charge in [0.25, 0.3) is 11.6 Å². The Balaban J connectivity index is 1.95. The number of thiazole rings is 1. The number of hydrazone groups is 1.